The van der Waals surface area contributed by atoms with E-state index in [1.54, 1.807) is 0 Å². The molecule has 0 aromatic heterocycles. The van der Waals surface area contributed by atoms with E-state index in [0.29, 0.717) is 6.04 Å². The van der Waals surface area contributed by atoms with Crippen molar-refractivity contribution in [2.24, 2.45) is 5.73 Å². The number of hydrogen-bond acceptors (Lipinski definition) is 2. The number of nitrogens with two attached hydrogens (primary N) is 1. The van der Waals surface area contributed by atoms with E-state index in [1.807, 2.05) is 0 Å². The standard InChI is InChI=1S/C10H20N2/c1-4-5-6-7-10(11)8-9-12(2)3/h1,10H,5-9,11H2,2-3H3. The summed E-state index contributed by atoms with van der Waals surface area (Å²) >= 11 is 0. The first-order chi connectivity index (χ1) is 5.66. The summed E-state index contributed by atoms with van der Waals surface area (Å²) < 4.78 is 0. The Kier molecular flexibility index (Phi) is 6.84. The first-order valence-electron chi connectivity index (χ1n) is 4.50. The predicted octanol–water partition coefficient (Wildman–Crippen LogP) is 1.07. The van der Waals surface area contributed by atoms with Gasteiger partial charge in [0, 0.05) is 12.5 Å². The van der Waals surface area contributed by atoms with Crippen molar-refractivity contribution in [2.75, 3.05) is 20.6 Å². The first kappa shape index (κ1) is 11.5. The third kappa shape index (κ3) is 7.59. The molecule has 0 heterocycles. The van der Waals surface area contributed by atoms with E-state index in [0.717, 1.165) is 32.2 Å². The van der Waals surface area contributed by atoms with Crippen molar-refractivity contribution < 1.29 is 0 Å². The topological polar surface area (TPSA) is 29.3 Å². The number of unbranched alkanes of at least 4 members (excludes halogenated alkanes) is 1. The van der Waals surface area contributed by atoms with Gasteiger partial charge in [0.2, 0.25) is 0 Å². The lowest BCUT2D eigenvalue weighted by atomic mass is 10.1. The zero-order valence-corrected chi connectivity index (χ0v) is 8.21. The lowest BCUT2D eigenvalue weighted by Crippen LogP contribution is -2.26. The summed E-state index contributed by atoms with van der Waals surface area (Å²) in [5.74, 6) is 2.62. The van der Waals surface area contributed by atoms with E-state index >= 15 is 0 Å². The maximum Gasteiger partial charge on any atom is 0.00866 e. The molecule has 0 aliphatic carbocycles. The summed E-state index contributed by atoms with van der Waals surface area (Å²) in [4.78, 5) is 2.15. The lowest BCUT2D eigenvalue weighted by molar-refractivity contribution is 0.373. The second kappa shape index (κ2) is 7.15. The lowest BCUT2D eigenvalue weighted by Gasteiger charge is -2.14. The normalized spacial score (nSPS) is 12.9. The molecule has 0 amide bonds. The fourth-order valence-corrected chi connectivity index (χ4v) is 1.03. The van der Waals surface area contributed by atoms with Crippen LogP contribution < -0.4 is 5.73 Å². The molecule has 0 saturated heterocycles. The van der Waals surface area contributed by atoms with Crippen LogP contribution in [0.3, 0.4) is 0 Å². The molecule has 2 heteroatoms. The second-order valence-corrected chi connectivity index (χ2v) is 3.45. The van der Waals surface area contributed by atoms with Crippen molar-refractivity contribution in [1.29, 1.82) is 0 Å². The first-order valence-corrected chi connectivity index (χ1v) is 4.50. The average Bonchev–Trinajstić information content (AvgIpc) is 2.01. The van der Waals surface area contributed by atoms with Crippen molar-refractivity contribution in [2.45, 2.75) is 31.7 Å². The van der Waals surface area contributed by atoms with E-state index in [1.165, 1.54) is 0 Å². The van der Waals surface area contributed by atoms with Crippen LogP contribution in [0.15, 0.2) is 0 Å². The molecule has 0 spiro atoms. The molecule has 1 unspecified atom stereocenters. The Labute approximate surface area is 76.1 Å². The Morgan fingerprint density at radius 2 is 2.08 bits per heavy atom. The van der Waals surface area contributed by atoms with E-state index in [2.05, 4.69) is 24.9 Å². The van der Waals surface area contributed by atoms with Gasteiger partial charge in [0.1, 0.15) is 0 Å². The van der Waals surface area contributed by atoms with Gasteiger partial charge in [-0.25, -0.2) is 0 Å². The van der Waals surface area contributed by atoms with Gasteiger partial charge >= 0.3 is 0 Å². The highest BCUT2D eigenvalue weighted by molar-refractivity contribution is 4.83. The highest BCUT2D eigenvalue weighted by Crippen LogP contribution is 2.01. The summed E-state index contributed by atoms with van der Waals surface area (Å²) in [5.41, 5.74) is 5.87. The maximum atomic E-state index is 5.87. The van der Waals surface area contributed by atoms with Gasteiger partial charge in [-0.2, -0.15) is 0 Å². The van der Waals surface area contributed by atoms with Crippen molar-refractivity contribution in [3.8, 4) is 12.3 Å². The van der Waals surface area contributed by atoms with Crippen molar-refractivity contribution in [3.05, 3.63) is 0 Å². The average molecular weight is 168 g/mol. The van der Waals surface area contributed by atoms with Crippen LogP contribution in [0.5, 0.6) is 0 Å². The number of terminal acetylenes is 1. The second-order valence-electron chi connectivity index (χ2n) is 3.45. The molecular weight excluding hydrogens is 148 g/mol. The monoisotopic (exact) mass is 168 g/mol. The SMILES string of the molecule is C#CCCCC(N)CCN(C)C. The van der Waals surface area contributed by atoms with E-state index in [4.69, 9.17) is 12.2 Å². The minimum atomic E-state index is 0.320. The molecule has 1 atom stereocenters. The van der Waals surface area contributed by atoms with Gasteiger partial charge in [0.05, 0.1) is 0 Å². The van der Waals surface area contributed by atoms with Crippen LogP contribution in [0.1, 0.15) is 25.7 Å². The summed E-state index contributed by atoms with van der Waals surface area (Å²) in [6.45, 7) is 1.07. The van der Waals surface area contributed by atoms with E-state index < -0.39 is 0 Å². The van der Waals surface area contributed by atoms with E-state index in [9.17, 15) is 0 Å². The van der Waals surface area contributed by atoms with Crippen LogP contribution in [0.25, 0.3) is 0 Å². The van der Waals surface area contributed by atoms with Crippen LogP contribution in [0, 0.1) is 12.3 Å². The smallest absolute Gasteiger partial charge is 0.00866 e. The van der Waals surface area contributed by atoms with Crippen molar-refractivity contribution in [1.82, 2.24) is 4.90 Å². The summed E-state index contributed by atoms with van der Waals surface area (Å²) in [6.07, 6.45) is 9.18. The highest BCUT2D eigenvalue weighted by atomic mass is 15.0. The Balaban J connectivity index is 3.22. The molecule has 0 bridgehead atoms. The molecule has 0 aromatic rings. The minimum Gasteiger partial charge on any atom is -0.328 e. The molecule has 12 heavy (non-hydrogen) atoms. The number of nitrogens with zero attached hydrogens (tertiary/aromatic N) is 1. The molecule has 0 fully saturated rings. The molecule has 0 aliphatic rings. The Bertz CT molecular complexity index is 135. The molecule has 0 radical (unpaired) electrons. The van der Waals surface area contributed by atoms with Gasteiger partial charge in [-0.15, -0.1) is 12.3 Å². The Morgan fingerprint density at radius 1 is 1.42 bits per heavy atom. The van der Waals surface area contributed by atoms with Gasteiger partial charge < -0.3 is 10.6 Å². The third-order valence-electron chi connectivity index (χ3n) is 1.84. The molecular formula is C10H20N2. The fraction of sp³-hybridized carbons (Fsp3) is 0.800. The summed E-state index contributed by atoms with van der Waals surface area (Å²) in [7, 11) is 4.13. The maximum absolute atomic E-state index is 5.87. The fourth-order valence-electron chi connectivity index (χ4n) is 1.03. The zero-order chi connectivity index (χ0) is 9.40. The van der Waals surface area contributed by atoms with Crippen LogP contribution in [0.4, 0.5) is 0 Å². The molecule has 2 N–H and O–H groups in total. The van der Waals surface area contributed by atoms with Crippen molar-refractivity contribution >= 4 is 0 Å². The molecule has 70 valence electrons. The molecule has 0 saturated carbocycles. The van der Waals surface area contributed by atoms with Crippen LogP contribution in [0.2, 0.25) is 0 Å². The minimum absolute atomic E-state index is 0.320. The Morgan fingerprint density at radius 3 is 2.58 bits per heavy atom. The quantitative estimate of drug-likeness (QED) is 0.475. The summed E-state index contributed by atoms with van der Waals surface area (Å²) in [6, 6.07) is 0.320. The van der Waals surface area contributed by atoms with Gasteiger partial charge in [-0.3, -0.25) is 0 Å². The van der Waals surface area contributed by atoms with Gasteiger partial charge in [0.25, 0.3) is 0 Å². The zero-order valence-electron chi connectivity index (χ0n) is 8.21. The van der Waals surface area contributed by atoms with Gasteiger partial charge in [-0.1, -0.05) is 0 Å². The highest BCUT2D eigenvalue weighted by Gasteiger charge is 2.01. The van der Waals surface area contributed by atoms with Crippen molar-refractivity contribution in [3.63, 3.8) is 0 Å². The molecule has 0 aliphatic heterocycles. The third-order valence-corrected chi connectivity index (χ3v) is 1.84. The van der Waals surface area contributed by atoms with Gasteiger partial charge in [-0.05, 0) is 39.9 Å². The predicted molar refractivity (Wildman–Crippen MR) is 53.8 cm³/mol. The molecule has 0 aromatic carbocycles. The van der Waals surface area contributed by atoms with Crippen LogP contribution in [-0.2, 0) is 0 Å². The Hall–Kier alpha value is -0.520. The molecule has 0 rings (SSSR count). The number of rotatable bonds is 6. The number of hydrogen-bond donors (Lipinski definition) is 1. The van der Waals surface area contributed by atoms with Crippen LogP contribution >= 0.6 is 0 Å². The largest absolute Gasteiger partial charge is 0.328 e. The van der Waals surface area contributed by atoms with Gasteiger partial charge in [0.15, 0.2) is 0 Å². The molecule has 2 nitrogen and oxygen atoms in total. The van der Waals surface area contributed by atoms with E-state index in [-0.39, 0.29) is 0 Å². The van der Waals surface area contributed by atoms with Crippen LogP contribution in [-0.4, -0.2) is 31.6 Å². The summed E-state index contributed by atoms with van der Waals surface area (Å²) in [5, 5.41) is 0.